The second-order valence-electron chi connectivity index (χ2n) is 6.20. The number of amides is 1. The van der Waals surface area contributed by atoms with Crippen molar-refractivity contribution in [1.82, 2.24) is 5.32 Å². The Morgan fingerprint density at radius 3 is 2.30 bits per heavy atom. The highest BCUT2D eigenvalue weighted by atomic mass is 16.1. The molecular formula is C18H21NO. The molecule has 104 valence electrons. The zero-order valence-electron chi connectivity index (χ0n) is 12.1. The fourth-order valence-electron chi connectivity index (χ4n) is 3.20. The van der Waals surface area contributed by atoms with Crippen molar-refractivity contribution in [2.45, 2.75) is 39.2 Å². The molecule has 0 radical (unpaired) electrons. The standard InChI is InChI=1S/C18H21NO/c1-12(2)9-17(20)19-16-10-14-7-3-5-13-6-4-8-15(11-16)18(13)14/h3-8,12,16H,9-11H2,1-2H3,(H,19,20). The minimum absolute atomic E-state index is 0.177. The first-order valence-corrected chi connectivity index (χ1v) is 7.42. The molecule has 0 aliphatic heterocycles. The van der Waals surface area contributed by atoms with Crippen molar-refractivity contribution in [3.05, 3.63) is 47.5 Å². The predicted octanol–water partition coefficient (Wildman–Crippen LogP) is 3.47. The number of carbonyl (C=O) groups is 1. The van der Waals surface area contributed by atoms with Gasteiger partial charge >= 0.3 is 0 Å². The van der Waals surface area contributed by atoms with Gasteiger partial charge in [0.2, 0.25) is 5.91 Å². The Bertz CT molecular complexity index is 604. The summed E-state index contributed by atoms with van der Waals surface area (Å²) in [7, 11) is 0. The number of carbonyl (C=O) groups excluding carboxylic acids is 1. The second-order valence-corrected chi connectivity index (χ2v) is 6.20. The highest BCUT2D eigenvalue weighted by Crippen LogP contribution is 2.29. The highest BCUT2D eigenvalue weighted by molar-refractivity contribution is 5.90. The number of rotatable bonds is 3. The predicted molar refractivity (Wildman–Crippen MR) is 82.7 cm³/mol. The van der Waals surface area contributed by atoms with Crippen LogP contribution < -0.4 is 5.32 Å². The molecule has 0 fully saturated rings. The van der Waals surface area contributed by atoms with E-state index in [-0.39, 0.29) is 11.9 Å². The van der Waals surface area contributed by atoms with Gasteiger partial charge in [0, 0.05) is 12.5 Å². The van der Waals surface area contributed by atoms with Crippen LogP contribution in [0.2, 0.25) is 0 Å². The van der Waals surface area contributed by atoms with Crippen molar-refractivity contribution in [3.8, 4) is 0 Å². The monoisotopic (exact) mass is 267 g/mol. The van der Waals surface area contributed by atoms with Crippen LogP contribution in [0.5, 0.6) is 0 Å². The van der Waals surface area contributed by atoms with E-state index >= 15 is 0 Å². The van der Waals surface area contributed by atoms with Gasteiger partial charge in [-0.25, -0.2) is 0 Å². The van der Waals surface area contributed by atoms with Gasteiger partial charge in [0.25, 0.3) is 0 Å². The average molecular weight is 267 g/mol. The summed E-state index contributed by atoms with van der Waals surface area (Å²) >= 11 is 0. The lowest BCUT2D eigenvalue weighted by atomic mass is 9.85. The van der Waals surface area contributed by atoms with Gasteiger partial charge in [-0.1, -0.05) is 50.2 Å². The van der Waals surface area contributed by atoms with Crippen molar-refractivity contribution >= 4 is 16.7 Å². The van der Waals surface area contributed by atoms with Crippen molar-refractivity contribution in [2.75, 3.05) is 0 Å². The minimum atomic E-state index is 0.177. The van der Waals surface area contributed by atoms with Gasteiger partial charge in [-0.3, -0.25) is 4.79 Å². The van der Waals surface area contributed by atoms with Gasteiger partial charge in [0.05, 0.1) is 0 Å². The van der Waals surface area contributed by atoms with Crippen LogP contribution in [0.1, 0.15) is 31.4 Å². The summed E-state index contributed by atoms with van der Waals surface area (Å²) in [6.07, 6.45) is 2.50. The Morgan fingerprint density at radius 2 is 1.75 bits per heavy atom. The first-order valence-electron chi connectivity index (χ1n) is 7.42. The molecular weight excluding hydrogens is 246 g/mol. The summed E-state index contributed by atoms with van der Waals surface area (Å²) in [5, 5.41) is 5.90. The van der Waals surface area contributed by atoms with Gasteiger partial charge in [-0.2, -0.15) is 0 Å². The molecule has 0 saturated carbocycles. The molecule has 0 aromatic heterocycles. The normalized spacial score (nSPS) is 14.8. The lowest BCUT2D eigenvalue weighted by Gasteiger charge is -2.26. The molecule has 0 heterocycles. The Balaban J connectivity index is 1.83. The Hall–Kier alpha value is -1.83. The van der Waals surface area contributed by atoms with Gasteiger partial charge in [-0.05, 0) is 40.7 Å². The van der Waals surface area contributed by atoms with Crippen molar-refractivity contribution in [1.29, 1.82) is 0 Å². The van der Waals surface area contributed by atoms with E-state index in [9.17, 15) is 4.79 Å². The summed E-state index contributed by atoms with van der Waals surface area (Å²) < 4.78 is 0. The molecule has 0 saturated heterocycles. The molecule has 2 nitrogen and oxygen atoms in total. The average Bonchev–Trinajstić information content (AvgIpc) is 2.38. The molecule has 0 atom stereocenters. The van der Waals surface area contributed by atoms with Crippen molar-refractivity contribution < 1.29 is 4.79 Å². The van der Waals surface area contributed by atoms with Crippen LogP contribution in [-0.4, -0.2) is 11.9 Å². The highest BCUT2D eigenvalue weighted by Gasteiger charge is 2.21. The van der Waals surface area contributed by atoms with Crippen LogP contribution in [0.25, 0.3) is 10.8 Å². The van der Waals surface area contributed by atoms with E-state index in [4.69, 9.17) is 0 Å². The molecule has 3 rings (SSSR count). The van der Waals surface area contributed by atoms with Crippen LogP contribution >= 0.6 is 0 Å². The van der Waals surface area contributed by atoms with E-state index in [1.165, 1.54) is 21.9 Å². The molecule has 0 unspecified atom stereocenters. The van der Waals surface area contributed by atoms with Crippen LogP contribution in [-0.2, 0) is 17.6 Å². The largest absolute Gasteiger partial charge is 0.353 e. The fourth-order valence-corrected chi connectivity index (χ4v) is 3.20. The molecule has 1 N–H and O–H groups in total. The van der Waals surface area contributed by atoms with Crippen LogP contribution in [0, 0.1) is 5.92 Å². The van der Waals surface area contributed by atoms with Crippen LogP contribution in [0.4, 0.5) is 0 Å². The first kappa shape index (κ1) is 13.2. The summed E-state index contributed by atoms with van der Waals surface area (Å²) in [6, 6.07) is 13.2. The number of hydrogen-bond acceptors (Lipinski definition) is 1. The molecule has 0 bridgehead atoms. The molecule has 0 spiro atoms. The smallest absolute Gasteiger partial charge is 0.220 e. The molecule has 1 amide bonds. The zero-order valence-corrected chi connectivity index (χ0v) is 12.1. The van der Waals surface area contributed by atoms with E-state index in [1.807, 2.05) is 0 Å². The molecule has 1 aliphatic carbocycles. The van der Waals surface area contributed by atoms with E-state index in [2.05, 4.69) is 55.6 Å². The number of nitrogens with one attached hydrogen (secondary N) is 1. The van der Waals surface area contributed by atoms with Crippen molar-refractivity contribution in [3.63, 3.8) is 0 Å². The van der Waals surface area contributed by atoms with Gasteiger partial charge < -0.3 is 5.32 Å². The minimum Gasteiger partial charge on any atom is -0.353 e. The third kappa shape index (κ3) is 2.55. The van der Waals surface area contributed by atoms with E-state index < -0.39 is 0 Å². The molecule has 20 heavy (non-hydrogen) atoms. The topological polar surface area (TPSA) is 29.1 Å². The van der Waals surface area contributed by atoms with E-state index in [0.717, 1.165) is 12.8 Å². The van der Waals surface area contributed by atoms with Gasteiger partial charge in [-0.15, -0.1) is 0 Å². The van der Waals surface area contributed by atoms with E-state index in [0.29, 0.717) is 12.3 Å². The zero-order chi connectivity index (χ0) is 14.1. The molecule has 2 aromatic carbocycles. The molecule has 2 aromatic rings. The van der Waals surface area contributed by atoms with Crippen LogP contribution in [0.3, 0.4) is 0 Å². The molecule has 1 aliphatic rings. The Kier molecular flexibility index (Phi) is 3.47. The first-order chi connectivity index (χ1) is 9.63. The third-order valence-corrected chi connectivity index (χ3v) is 3.97. The van der Waals surface area contributed by atoms with Gasteiger partial charge in [0.15, 0.2) is 0 Å². The second kappa shape index (κ2) is 5.28. The summed E-state index contributed by atoms with van der Waals surface area (Å²) in [5.41, 5.74) is 2.72. The quantitative estimate of drug-likeness (QED) is 0.906. The van der Waals surface area contributed by atoms with Crippen LogP contribution in [0.15, 0.2) is 36.4 Å². The maximum atomic E-state index is 12.0. The molecule has 2 heteroatoms. The lowest BCUT2D eigenvalue weighted by Crippen LogP contribution is -2.40. The maximum Gasteiger partial charge on any atom is 0.220 e. The maximum absolute atomic E-state index is 12.0. The fraction of sp³-hybridized carbons (Fsp3) is 0.389. The summed E-state index contributed by atoms with van der Waals surface area (Å²) in [4.78, 5) is 12.0. The Morgan fingerprint density at radius 1 is 1.15 bits per heavy atom. The Labute approximate surface area is 120 Å². The van der Waals surface area contributed by atoms with Gasteiger partial charge in [0.1, 0.15) is 0 Å². The number of benzene rings is 2. The lowest BCUT2D eigenvalue weighted by molar-refractivity contribution is -0.122. The SMILES string of the molecule is CC(C)CC(=O)NC1Cc2cccc3cccc(c23)C1. The van der Waals surface area contributed by atoms with E-state index in [1.54, 1.807) is 0 Å². The third-order valence-electron chi connectivity index (χ3n) is 3.97. The number of hydrogen-bond donors (Lipinski definition) is 1. The summed E-state index contributed by atoms with van der Waals surface area (Å²) in [6.45, 7) is 4.16. The van der Waals surface area contributed by atoms with Crippen molar-refractivity contribution in [2.24, 2.45) is 5.92 Å². The summed E-state index contributed by atoms with van der Waals surface area (Å²) in [5.74, 6) is 0.589.